The largest absolute Gasteiger partial charge is 0.337 e. The van der Waals surface area contributed by atoms with E-state index in [4.69, 9.17) is 10.3 Å². The SMILES string of the molecule is CC(C)CC(N)c1nc(-c2cc(F)ccc2Br)no1. The Morgan fingerprint density at radius 2 is 2.16 bits per heavy atom. The second-order valence-electron chi connectivity index (χ2n) is 4.82. The monoisotopic (exact) mass is 327 g/mol. The molecule has 2 aromatic rings. The van der Waals surface area contributed by atoms with E-state index in [-0.39, 0.29) is 11.9 Å². The van der Waals surface area contributed by atoms with Crippen LogP contribution in [0.1, 0.15) is 32.2 Å². The topological polar surface area (TPSA) is 64.9 Å². The maximum Gasteiger partial charge on any atom is 0.243 e. The van der Waals surface area contributed by atoms with E-state index in [1.165, 1.54) is 12.1 Å². The van der Waals surface area contributed by atoms with Gasteiger partial charge in [-0.05, 0) is 30.5 Å². The molecule has 0 amide bonds. The van der Waals surface area contributed by atoms with Crippen molar-refractivity contribution < 1.29 is 8.91 Å². The molecular weight excluding hydrogens is 313 g/mol. The van der Waals surface area contributed by atoms with Crippen molar-refractivity contribution in [2.24, 2.45) is 11.7 Å². The van der Waals surface area contributed by atoms with E-state index in [9.17, 15) is 4.39 Å². The number of halogens is 2. The Morgan fingerprint density at radius 3 is 2.84 bits per heavy atom. The Hall–Kier alpha value is -1.27. The second kappa shape index (κ2) is 5.79. The fourth-order valence-electron chi connectivity index (χ4n) is 1.77. The quantitative estimate of drug-likeness (QED) is 0.930. The molecule has 0 aliphatic carbocycles. The number of nitrogens with zero attached hydrogens (tertiary/aromatic N) is 2. The number of benzene rings is 1. The predicted octanol–water partition coefficient (Wildman–Crippen LogP) is 3.68. The van der Waals surface area contributed by atoms with Crippen molar-refractivity contribution in [2.45, 2.75) is 26.3 Å². The van der Waals surface area contributed by atoms with E-state index < -0.39 is 0 Å². The summed E-state index contributed by atoms with van der Waals surface area (Å²) in [6, 6.07) is 4.02. The van der Waals surface area contributed by atoms with E-state index >= 15 is 0 Å². The highest BCUT2D eigenvalue weighted by Crippen LogP contribution is 2.28. The van der Waals surface area contributed by atoms with Crippen LogP contribution in [0.5, 0.6) is 0 Å². The highest BCUT2D eigenvalue weighted by atomic mass is 79.9. The summed E-state index contributed by atoms with van der Waals surface area (Å²) in [5.74, 6) is 0.794. The van der Waals surface area contributed by atoms with Gasteiger partial charge in [-0.3, -0.25) is 0 Å². The number of aromatic nitrogens is 2. The van der Waals surface area contributed by atoms with Crippen LogP contribution < -0.4 is 5.73 Å². The van der Waals surface area contributed by atoms with E-state index in [0.29, 0.717) is 27.7 Å². The molecule has 4 nitrogen and oxygen atoms in total. The Balaban J connectivity index is 2.28. The van der Waals surface area contributed by atoms with Crippen LogP contribution in [0.3, 0.4) is 0 Å². The number of nitrogens with two attached hydrogens (primary N) is 1. The minimum Gasteiger partial charge on any atom is -0.337 e. The molecule has 19 heavy (non-hydrogen) atoms. The van der Waals surface area contributed by atoms with Gasteiger partial charge in [0.1, 0.15) is 5.82 Å². The Bertz CT molecular complexity index is 571. The van der Waals surface area contributed by atoms with Crippen LogP contribution in [0.25, 0.3) is 11.4 Å². The van der Waals surface area contributed by atoms with Crippen molar-refractivity contribution in [2.75, 3.05) is 0 Å². The summed E-state index contributed by atoms with van der Waals surface area (Å²) < 4.78 is 19.1. The van der Waals surface area contributed by atoms with Gasteiger partial charge in [0.05, 0.1) is 6.04 Å². The lowest BCUT2D eigenvalue weighted by molar-refractivity contribution is 0.335. The standard InChI is InChI=1S/C13H15BrFN3O/c1-7(2)5-11(16)13-17-12(18-19-13)9-6-8(15)3-4-10(9)14/h3-4,6-7,11H,5,16H2,1-2H3. The number of hydrogen-bond donors (Lipinski definition) is 1. The van der Waals surface area contributed by atoms with E-state index in [1.54, 1.807) is 6.07 Å². The third-order valence-corrected chi connectivity index (χ3v) is 3.35. The minimum atomic E-state index is -0.351. The molecule has 0 saturated carbocycles. The van der Waals surface area contributed by atoms with Crippen LogP contribution in [-0.4, -0.2) is 10.1 Å². The van der Waals surface area contributed by atoms with Gasteiger partial charge < -0.3 is 10.3 Å². The van der Waals surface area contributed by atoms with Crippen molar-refractivity contribution in [3.05, 3.63) is 34.4 Å². The van der Waals surface area contributed by atoms with Crippen LogP contribution in [-0.2, 0) is 0 Å². The summed E-state index contributed by atoms with van der Waals surface area (Å²) in [5.41, 5.74) is 6.52. The molecule has 0 aliphatic heterocycles. The summed E-state index contributed by atoms with van der Waals surface area (Å²) in [7, 11) is 0. The van der Waals surface area contributed by atoms with Crippen molar-refractivity contribution in [1.29, 1.82) is 0 Å². The van der Waals surface area contributed by atoms with Crippen LogP contribution >= 0.6 is 15.9 Å². The lowest BCUT2D eigenvalue weighted by atomic mass is 10.0. The van der Waals surface area contributed by atoms with Crippen LogP contribution in [0.15, 0.2) is 27.2 Å². The van der Waals surface area contributed by atoms with Crippen LogP contribution in [0.2, 0.25) is 0 Å². The molecule has 2 rings (SSSR count). The zero-order valence-electron chi connectivity index (χ0n) is 10.7. The Morgan fingerprint density at radius 1 is 1.42 bits per heavy atom. The molecule has 1 unspecified atom stereocenters. The average Bonchev–Trinajstić information content (AvgIpc) is 2.80. The first-order chi connectivity index (χ1) is 8.97. The third kappa shape index (κ3) is 3.39. The highest BCUT2D eigenvalue weighted by Gasteiger charge is 2.18. The van der Waals surface area contributed by atoms with E-state index in [0.717, 1.165) is 6.42 Å². The lowest BCUT2D eigenvalue weighted by Gasteiger charge is -2.08. The Kier molecular flexibility index (Phi) is 4.31. The molecule has 0 bridgehead atoms. The first-order valence-electron chi connectivity index (χ1n) is 6.02. The van der Waals surface area contributed by atoms with Crippen molar-refractivity contribution in [1.82, 2.24) is 10.1 Å². The second-order valence-corrected chi connectivity index (χ2v) is 5.67. The summed E-state index contributed by atoms with van der Waals surface area (Å²) >= 11 is 3.33. The van der Waals surface area contributed by atoms with Crippen LogP contribution in [0.4, 0.5) is 4.39 Å². The molecule has 102 valence electrons. The summed E-state index contributed by atoms with van der Waals surface area (Å²) in [6.45, 7) is 4.14. The number of rotatable bonds is 4. The lowest BCUT2D eigenvalue weighted by Crippen LogP contribution is -2.13. The van der Waals surface area contributed by atoms with E-state index in [1.807, 2.05) is 0 Å². The smallest absolute Gasteiger partial charge is 0.243 e. The minimum absolute atomic E-state index is 0.298. The molecule has 0 radical (unpaired) electrons. The van der Waals surface area contributed by atoms with Gasteiger partial charge in [-0.15, -0.1) is 0 Å². The molecule has 0 saturated heterocycles. The first kappa shape index (κ1) is 14.1. The van der Waals surface area contributed by atoms with Crippen molar-refractivity contribution in [3.63, 3.8) is 0 Å². The normalized spacial score (nSPS) is 12.9. The zero-order valence-corrected chi connectivity index (χ0v) is 12.3. The van der Waals surface area contributed by atoms with E-state index in [2.05, 4.69) is 39.9 Å². The van der Waals surface area contributed by atoms with Gasteiger partial charge in [0.2, 0.25) is 11.7 Å². The third-order valence-electron chi connectivity index (χ3n) is 2.65. The van der Waals surface area contributed by atoms with Gasteiger partial charge in [-0.25, -0.2) is 4.39 Å². The average molecular weight is 328 g/mol. The van der Waals surface area contributed by atoms with Crippen LogP contribution in [0, 0.1) is 11.7 Å². The van der Waals surface area contributed by atoms with Gasteiger partial charge in [0.15, 0.2) is 0 Å². The molecule has 1 heterocycles. The molecule has 1 aromatic heterocycles. The van der Waals surface area contributed by atoms with Gasteiger partial charge in [0, 0.05) is 10.0 Å². The molecule has 6 heteroatoms. The molecule has 1 aromatic carbocycles. The predicted molar refractivity (Wildman–Crippen MR) is 73.8 cm³/mol. The maximum absolute atomic E-state index is 13.2. The molecule has 0 spiro atoms. The fourth-order valence-corrected chi connectivity index (χ4v) is 2.20. The summed E-state index contributed by atoms with van der Waals surface area (Å²) in [4.78, 5) is 4.24. The Labute approximate surface area is 119 Å². The van der Waals surface area contributed by atoms with Gasteiger partial charge >= 0.3 is 0 Å². The maximum atomic E-state index is 13.2. The van der Waals surface area contributed by atoms with Gasteiger partial charge in [0.25, 0.3) is 0 Å². The zero-order chi connectivity index (χ0) is 14.0. The number of hydrogen-bond acceptors (Lipinski definition) is 4. The molecule has 2 N–H and O–H groups in total. The molecular formula is C13H15BrFN3O. The van der Waals surface area contributed by atoms with Gasteiger partial charge in [-0.2, -0.15) is 4.98 Å². The fraction of sp³-hybridized carbons (Fsp3) is 0.385. The summed E-state index contributed by atoms with van der Waals surface area (Å²) in [5, 5.41) is 3.85. The van der Waals surface area contributed by atoms with Crippen molar-refractivity contribution in [3.8, 4) is 11.4 Å². The van der Waals surface area contributed by atoms with Gasteiger partial charge in [-0.1, -0.05) is 34.9 Å². The summed E-state index contributed by atoms with van der Waals surface area (Å²) in [6.07, 6.45) is 0.756. The van der Waals surface area contributed by atoms with Crippen molar-refractivity contribution >= 4 is 15.9 Å². The highest BCUT2D eigenvalue weighted by molar-refractivity contribution is 9.10. The molecule has 0 fully saturated rings. The molecule has 1 atom stereocenters. The first-order valence-corrected chi connectivity index (χ1v) is 6.81. The molecule has 0 aliphatic rings.